The molecule has 1 unspecified atom stereocenters. The van der Waals surface area contributed by atoms with Crippen LogP contribution in [0.3, 0.4) is 0 Å². The van der Waals surface area contributed by atoms with Crippen LogP contribution in [0, 0.1) is 11.8 Å². The molecule has 3 nitrogen and oxygen atoms in total. The van der Waals surface area contributed by atoms with Crippen LogP contribution in [-0.4, -0.2) is 24.7 Å². The van der Waals surface area contributed by atoms with Crippen LogP contribution in [0.25, 0.3) is 0 Å². The molecule has 2 saturated carbocycles. The average molecular weight is 253 g/mol. The van der Waals surface area contributed by atoms with E-state index < -0.39 is 0 Å². The highest BCUT2D eigenvalue weighted by Crippen LogP contribution is 2.35. The van der Waals surface area contributed by atoms with Gasteiger partial charge in [0.15, 0.2) is 0 Å². The molecule has 2 rings (SSSR count). The van der Waals surface area contributed by atoms with Crippen molar-refractivity contribution in [3.8, 4) is 0 Å². The number of carbonyl (C=O) groups is 1. The highest BCUT2D eigenvalue weighted by atomic mass is 16.5. The molecule has 0 radical (unpaired) electrons. The number of rotatable bonds is 6. The summed E-state index contributed by atoms with van der Waals surface area (Å²) in [6.07, 6.45) is 8.31. The molecule has 18 heavy (non-hydrogen) atoms. The lowest BCUT2D eigenvalue weighted by Crippen LogP contribution is -2.42. The molecule has 0 amide bonds. The second-order valence-corrected chi connectivity index (χ2v) is 5.82. The van der Waals surface area contributed by atoms with Crippen molar-refractivity contribution in [1.82, 2.24) is 5.32 Å². The normalized spacial score (nSPS) is 29.9. The van der Waals surface area contributed by atoms with Gasteiger partial charge in [-0.3, -0.25) is 4.79 Å². The molecule has 0 spiro atoms. The molecule has 1 N–H and O–H groups in total. The lowest BCUT2D eigenvalue weighted by atomic mass is 9.85. The molecule has 0 saturated heterocycles. The van der Waals surface area contributed by atoms with Gasteiger partial charge in [0.2, 0.25) is 0 Å². The van der Waals surface area contributed by atoms with Crippen LogP contribution in [0.15, 0.2) is 0 Å². The van der Waals surface area contributed by atoms with Gasteiger partial charge in [0, 0.05) is 12.1 Å². The highest BCUT2D eigenvalue weighted by Gasteiger charge is 2.33. The highest BCUT2D eigenvalue weighted by molar-refractivity contribution is 5.72. The fourth-order valence-electron chi connectivity index (χ4n) is 3.14. The van der Waals surface area contributed by atoms with Crippen molar-refractivity contribution in [3.05, 3.63) is 0 Å². The van der Waals surface area contributed by atoms with E-state index in [2.05, 4.69) is 12.2 Å². The van der Waals surface area contributed by atoms with Crippen molar-refractivity contribution in [2.24, 2.45) is 11.8 Å². The second-order valence-electron chi connectivity index (χ2n) is 5.82. The van der Waals surface area contributed by atoms with Crippen LogP contribution >= 0.6 is 0 Å². The molecule has 3 heteroatoms. The molecule has 1 atom stereocenters. The van der Waals surface area contributed by atoms with Gasteiger partial charge in [0.1, 0.15) is 0 Å². The Bertz CT molecular complexity index is 268. The molecule has 2 fully saturated rings. The molecule has 2 aliphatic rings. The van der Waals surface area contributed by atoms with E-state index in [4.69, 9.17) is 4.74 Å². The predicted molar refractivity (Wildman–Crippen MR) is 72.3 cm³/mol. The molecular weight excluding hydrogens is 226 g/mol. The van der Waals surface area contributed by atoms with E-state index in [0.717, 1.165) is 31.6 Å². The third-order valence-corrected chi connectivity index (χ3v) is 4.43. The van der Waals surface area contributed by atoms with Gasteiger partial charge in [0.25, 0.3) is 0 Å². The molecule has 0 aromatic heterocycles. The van der Waals surface area contributed by atoms with Gasteiger partial charge in [-0.2, -0.15) is 0 Å². The smallest absolute Gasteiger partial charge is 0.308 e. The number of carbonyl (C=O) groups excluding carboxylic acids is 1. The van der Waals surface area contributed by atoms with Crippen LogP contribution in [0.5, 0.6) is 0 Å². The van der Waals surface area contributed by atoms with Crippen LogP contribution in [0.1, 0.15) is 58.8 Å². The zero-order chi connectivity index (χ0) is 13.0. The van der Waals surface area contributed by atoms with E-state index in [0.29, 0.717) is 18.7 Å². The largest absolute Gasteiger partial charge is 0.466 e. The Kier molecular flexibility index (Phi) is 5.04. The molecular formula is C15H27NO2. The molecule has 2 aliphatic carbocycles. The summed E-state index contributed by atoms with van der Waals surface area (Å²) >= 11 is 0. The van der Waals surface area contributed by atoms with Gasteiger partial charge >= 0.3 is 5.97 Å². The zero-order valence-corrected chi connectivity index (χ0v) is 11.8. The maximum atomic E-state index is 11.7. The zero-order valence-electron chi connectivity index (χ0n) is 11.8. The Balaban J connectivity index is 1.70. The van der Waals surface area contributed by atoms with Gasteiger partial charge in [0.05, 0.1) is 12.5 Å². The lowest BCUT2D eigenvalue weighted by molar-refractivity contribution is -0.149. The average Bonchev–Trinajstić information content (AvgIpc) is 3.21. The summed E-state index contributed by atoms with van der Waals surface area (Å²) in [5, 5.41) is 3.81. The summed E-state index contributed by atoms with van der Waals surface area (Å²) in [4.78, 5) is 11.7. The summed E-state index contributed by atoms with van der Waals surface area (Å²) < 4.78 is 5.11. The third kappa shape index (κ3) is 3.71. The Morgan fingerprint density at radius 3 is 2.33 bits per heavy atom. The monoisotopic (exact) mass is 253 g/mol. The van der Waals surface area contributed by atoms with Crippen molar-refractivity contribution in [2.45, 2.75) is 70.9 Å². The predicted octanol–water partition coefficient (Wildman–Crippen LogP) is 2.89. The van der Waals surface area contributed by atoms with Gasteiger partial charge in [-0.25, -0.2) is 0 Å². The van der Waals surface area contributed by atoms with E-state index in [1.165, 1.54) is 19.3 Å². The maximum Gasteiger partial charge on any atom is 0.308 e. The first-order valence-electron chi connectivity index (χ1n) is 7.67. The van der Waals surface area contributed by atoms with Gasteiger partial charge < -0.3 is 10.1 Å². The molecule has 0 heterocycles. The minimum atomic E-state index is 0.0187. The Hall–Kier alpha value is -0.570. The number of nitrogens with one attached hydrogen (secondary N) is 1. The first-order valence-corrected chi connectivity index (χ1v) is 7.67. The third-order valence-electron chi connectivity index (χ3n) is 4.43. The summed E-state index contributed by atoms with van der Waals surface area (Å²) in [5.41, 5.74) is 0. The van der Waals surface area contributed by atoms with Crippen LogP contribution in [-0.2, 0) is 9.53 Å². The Labute approximate surface area is 111 Å². The quantitative estimate of drug-likeness (QED) is 0.740. The van der Waals surface area contributed by atoms with Crippen molar-refractivity contribution in [1.29, 1.82) is 0 Å². The van der Waals surface area contributed by atoms with Crippen molar-refractivity contribution < 1.29 is 9.53 Å². The van der Waals surface area contributed by atoms with Gasteiger partial charge in [-0.1, -0.05) is 6.92 Å². The van der Waals surface area contributed by atoms with E-state index in [-0.39, 0.29) is 11.9 Å². The van der Waals surface area contributed by atoms with Crippen LogP contribution in [0.4, 0.5) is 0 Å². The van der Waals surface area contributed by atoms with Crippen molar-refractivity contribution >= 4 is 5.97 Å². The van der Waals surface area contributed by atoms with E-state index in [9.17, 15) is 4.79 Å². The van der Waals surface area contributed by atoms with E-state index in [1.807, 2.05) is 6.92 Å². The van der Waals surface area contributed by atoms with Crippen molar-refractivity contribution in [3.63, 3.8) is 0 Å². The van der Waals surface area contributed by atoms with Gasteiger partial charge in [-0.05, 0) is 57.8 Å². The summed E-state index contributed by atoms with van der Waals surface area (Å²) in [5.74, 6) is 1.10. The molecule has 0 aromatic carbocycles. The molecule has 0 aliphatic heterocycles. The number of hydrogen-bond acceptors (Lipinski definition) is 3. The van der Waals surface area contributed by atoms with Crippen LogP contribution in [0.2, 0.25) is 0 Å². The summed E-state index contributed by atoms with van der Waals surface area (Å²) in [6.45, 7) is 4.67. The number of hydrogen-bond donors (Lipinski definition) is 1. The topological polar surface area (TPSA) is 38.3 Å². The summed E-state index contributed by atoms with van der Waals surface area (Å²) in [6, 6.07) is 1.34. The Morgan fingerprint density at radius 2 is 1.83 bits per heavy atom. The first-order chi connectivity index (χ1) is 8.74. The summed E-state index contributed by atoms with van der Waals surface area (Å²) in [7, 11) is 0. The Morgan fingerprint density at radius 1 is 1.17 bits per heavy atom. The molecule has 0 aromatic rings. The standard InChI is InChI=1S/C15H27NO2/c1-3-14(11-5-6-11)16-13-9-7-12(8-10-13)15(17)18-4-2/h11-14,16H,3-10H2,1-2H3. The number of esters is 1. The van der Waals surface area contributed by atoms with Crippen LogP contribution < -0.4 is 5.32 Å². The van der Waals surface area contributed by atoms with Crippen molar-refractivity contribution in [2.75, 3.05) is 6.61 Å². The van der Waals surface area contributed by atoms with E-state index >= 15 is 0 Å². The fourth-order valence-corrected chi connectivity index (χ4v) is 3.14. The second kappa shape index (κ2) is 6.55. The maximum absolute atomic E-state index is 11.7. The van der Waals surface area contributed by atoms with E-state index in [1.54, 1.807) is 0 Å². The first kappa shape index (κ1) is 13.9. The fraction of sp³-hybridized carbons (Fsp3) is 0.933. The molecule has 104 valence electrons. The SMILES string of the molecule is CCOC(=O)C1CCC(NC(CC)C2CC2)CC1. The van der Waals surface area contributed by atoms with Gasteiger partial charge in [-0.15, -0.1) is 0 Å². The molecule has 0 bridgehead atoms. The minimum absolute atomic E-state index is 0.0187. The number of ether oxygens (including phenoxy) is 1. The minimum Gasteiger partial charge on any atom is -0.466 e. The lowest BCUT2D eigenvalue weighted by Gasteiger charge is -2.31.